The van der Waals surface area contributed by atoms with Crippen molar-refractivity contribution in [3.8, 4) is 17.3 Å². The molecule has 1 aliphatic rings. The minimum absolute atomic E-state index is 0.107. The Bertz CT molecular complexity index is 1290. The van der Waals surface area contributed by atoms with E-state index in [1.54, 1.807) is 6.20 Å². The smallest absolute Gasteiger partial charge is 0.235 e. The molecule has 1 aliphatic carbocycles. The van der Waals surface area contributed by atoms with Crippen molar-refractivity contribution < 1.29 is 0 Å². The summed E-state index contributed by atoms with van der Waals surface area (Å²) >= 11 is 0. The zero-order valence-corrected chi connectivity index (χ0v) is 19.0. The Morgan fingerprint density at radius 1 is 1.06 bits per heavy atom. The Labute approximate surface area is 199 Å². The number of rotatable bonds is 7. The molecule has 2 N–H and O–H groups in total. The highest BCUT2D eigenvalue weighted by atomic mass is 15.3. The summed E-state index contributed by atoms with van der Waals surface area (Å²) in [4.78, 5) is 11.5. The molecule has 170 valence electrons. The molecule has 1 atom stereocenters. The van der Waals surface area contributed by atoms with Gasteiger partial charge in [0.2, 0.25) is 5.95 Å². The molecule has 1 fully saturated rings. The van der Waals surface area contributed by atoms with Crippen LogP contribution in [0, 0.1) is 17.2 Å². The van der Waals surface area contributed by atoms with Crippen LogP contribution >= 0.6 is 0 Å². The lowest BCUT2D eigenvalue weighted by molar-refractivity contribution is 0.315. The van der Waals surface area contributed by atoms with Crippen molar-refractivity contribution in [3.63, 3.8) is 0 Å². The van der Waals surface area contributed by atoms with E-state index < -0.39 is 0 Å². The topological polar surface area (TPSA) is 96.7 Å². The summed E-state index contributed by atoms with van der Waals surface area (Å²) in [6, 6.07) is 22.0. The van der Waals surface area contributed by atoms with Crippen LogP contribution in [0.15, 0.2) is 79.3 Å². The van der Waals surface area contributed by atoms with Crippen molar-refractivity contribution in [1.29, 1.82) is 5.26 Å². The third kappa shape index (κ3) is 4.48. The number of para-hydroxylation sites is 1. The highest BCUT2D eigenvalue weighted by Crippen LogP contribution is 2.37. The second-order valence-electron chi connectivity index (χ2n) is 8.69. The molecular weight excluding hydrogens is 422 g/mol. The normalized spacial score (nSPS) is 14.6. The summed E-state index contributed by atoms with van der Waals surface area (Å²) in [5.41, 5.74) is 10.3. The van der Waals surface area contributed by atoms with E-state index in [2.05, 4.69) is 16.2 Å². The maximum atomic E-state index is 9.39. The van der Waals surface area contributed by atoms with E-state index in [0.717, 1.165) is 35.5 Å². The first-order valence-corrected chi connectivity index (χ1v) is 11.7. The number of nitrogens with two attached hydrogens (primary N) is 1. The average Bonchev–Trinajstić information content (AvgIpc) is 3.57. The molecule has 4 aromatic rings. The molecule has 0 amide bonds. The van der Waals surface area contributed by atoms with Gasteiger partial charge in [-0.05, 0) is 55.2 Å². The van der Waals surface area contributed by atoms with Crippen LogP contribution < -0.4 is 10.6 Å². The molecule has 1 saturated carbocycles. The van der Waals surface area contributed by atoms with Gasteiger partial charge in [0, 0.05) is 29.3 Å². The van der Waals surface area contributed by atoms with Crippen molar-refractivity contribution in [2.45, 2.75) is 38.1 Å². The van der Waals surface area contributed by atoms with E-state index >= 15 is 0 Å². The molecular formula is C27H27N7. The SMILES string of the molecule is N#CCC(C1CCCC1)n1cc(-c2ccnc(N(c3ccccc3)c3cccc(N)c3)n2)cn1. The quantitative estimate of drug-likeness (QED) is 0.346. The van der Waals surface area contributed by atoms with Gasteiger partial charge in [-0.1, -0.05) is 37.1 Å². The molecule has 7 nitrogen and oxygen atoms in total. The van der Waals surface area contributed by atoms with Crippen LogP contribution in [0.5, 0.6) is 0 Å². The van der Waals surface area contributed by atoms with Crippen LogP contribution in [-0.4, -0.2) is 19.7 Å². The number of benzene rings is 2. The van der Waals surface area contributed by atoms with E-state index in [4.69, 9.17) is 10.7 Å². The largest absolute Gasteiger partial charge is 0.399 e. The molecule has 0 bridgehead atoms. The first-order valence-electron chi connectivity index (χ1n) is 11.7. The molecule has 2 aromatic carbocycles. The van der Waals surface area contributed by atoms with E-state index in [-0.39, 0.29) is 6.04 Å². The monoisotopic (exact) mass is 449 g/mol. The van der Waals surface area contributed by atoms with Crippen LogP contribution in [0.2, 0.25) is 0 Å². The third-order valence-corrected chi connectivity index (χ3v) is 6.47. The van der Waals surface area contributed by atoms with Gasteiger partial charge in [0.25, 0.3) is 0 Å². The summed E-state index contributed by atoms with van der Waals surface area (Å²) in [6.07, 6.45) is 10.9. The number of nitriles is 1. The van der Waals surface area contributed by atoms with Crippen molar-refractivity contribution in [3.05, 3.63) is 79.3 Å². The minimum atomic E-state index is 0.107. The van der Waals surface area contributed by atoms with Gasteiger partial charge in [0.1, 0.15) is 0 Å². The molecule has 0 spiro atoms. The van der Waals surface area contributed by atoms with Gasteiger partial charge in [-0.25, -0.2) is 9.97 Å². The lowest BCUT2D eigenvalue weighted by atomic mass is 9.96. The molecule has 7 heteroatoms. The lowest BCUT2D eigenvalue weighted by Crippen LogP contribution is -2.17. The lowest BCUT2D eigenvalue weighted by Gasteiger charge is -2.23. The number of nitrogen functional groups attached to an aromatic ring is 1. The second-order valence-corrected chi connectivity index (χ2v) is 8.69. The number of anilines is 4. The number of hydrogen-bond acceptors (Lipinski definition) is 6. The summed E-state index contributed by atoms with van der Waals surface area (Å²) in [5.74, 6) is 1.05. The van der Waals surface area contributed by atoms with Gasteiger partial charge in [0.15, 0.2) is 0 Å². The molecule has 1 unspecified atom stereocenters. The van der Waals surface area contributed by atoms with Crippen molar-refractivity contribution in [2.24, 2.45) is 5.92 Å². The fourth-order valence-corrected chi connectivity index (χ4v) is 4.80. The number of aromatic nitrogens is 4. The molecule has 0 saturated heterocycles. The third-order valence-electron chi connectivity index (χ3n) is 6.47. The zero-order valence-electron chi connectivity index (χ0n) is 19.0. The molecule has 2 aromatic heterocycles. The van der Waals surface area contributed by atoms with Gasteiger partial charge < -0.3 is 5.73 Å². The fourth-order valence-electron chi connectivity index (χ4n) is 4.80. The first kappa shape index (κ1) is 21.7. The summed E-state index contributed by atoms with van der Waals surface area (Å²) in [5, 5.41) is 14.0. The first-order chi connectivity index (χ1) is 16.7. The highest BCUT2D eigenvalue weighted by Gasteiger charge is 2.27. The molecule has 0 aliphatic heterocycles. The minimum Gasteiger partial charge on any atom is -0.399 e. The maximum Gasteiger partial charge on any atom is 0.235 e. The van der Waals surface area contributed by atoms with Crippen LogP contribution in [0.4, 0.5) is 23.0 Å². The molecule has 2 heterocycles. The van der Waals surface area contributed by atoms with Gasteiger partial charge >= 0.3 is 0 Å². The van der Waals surface area contributed by atoms with E-state index in [0.29, 0.717) is 24.0 Å². The van der Waals surface area contributed by atoms with E-state index in [1.807, 2.05) is 82.6 Å². The Morgan fingerprint density at radius 3 is 2.62 bits per heavy atom. The average molecular weight is 450 g/mol. The Kier molecular flexibility index (Phi) is 6.21. The van der Waals surface area contributed by atoms with Crippen molar-refractivity contribution >= 4 is 23.0 Å². The van der Waals surface area contributed by atoms with Gasteiger partial charge in [-0.2, -0.15) is 10.4 Å². The number of nitrogens with zero attached hydrogens (tertiary/aromatic N) is 6. The second kappa shape index (κ2) is 9.75. The summed E-state index contributed by atoms with van der Waals surface area (Å²) < 4.78 is 1.96. The van der Waals surface area contributed by atoms with Crippen LogP contribution in [0.25, 0.3) is 11.3 Å². The van der Waals surface area contributed by atoms with Crippen molar-refractivity contribution in [1.82, 2.24) is 19.7 Å². The zero-order chi connectivity index (χ0) is 23.3. The van der Waals surface area contributed by atoms with E-state index in [9.17, 15) is 5.26 Å². The molecule has 34 heavy (non-hydrogen) atoms. The van der Waals surface area contributed by atoms with Crippen LogP contribution in [0.1, 0.15) is 38.1 Å². The Morgan fingerprint density at radius 2 is 1.85 bits per heavy atom. The Balaban J connectivity index is 1.51. The summed E-state index contributed by atoms with van der Waals surface area (Å²) in [6.45, 7) is 0. The fraction of sp³-hybridized carbons (Fsp3) is 0.259. The molecule has 0 radical (unpaired) electrons. The highest BCUT2D eigenvalue weighted by molar-refractivity contribution is 5.75. The van der Waals surface area contributed by atoms with Gasteiger partial charge in [0.05, 0.1) is 36.1 Å². The van der Waals surface area contributed by atoms with Crippen LogP contribution in [-0.2, 0) is 0 Å². The maximum absolute atomic E-state index is 9.39. The van der Waals surface area contributed by atoms with E-state index in [1.165, 1.54) is 12.8 Å². The standard InChI is InChI=1S/C27H27N7/c28-15-13-26(20-7-4-5-8-20)33-19-21(18-31-33)25-14-16-30-27(32-25)34(23-10-2-1-3-11-23)24-12-6-9-22(29)17-24/h1-3,6,9-12,14,16-20,26H,4-5,7-8,13,29H2. The predicted octanol–water partition coefficient (Wildman–Crippen LogP) is 6.04. The van der Waals surface area contributed by atoms with Gasteiger partial charge in [-0.3, -0.25) is 9.58 Å². The van der Waals surface area contributed by atoms with Gasteiger partial charge in [-0.15, -0.1) is 0 Å². The molecule has 5 rings (SSSR count). The van der Waals surface area contributed by atoms with Crippen LogP contribution in [0.3, 0.4) is 0 Å². The van der Waals surface area contributed by atoms with Crippen molar-refractivity contribution in [2.75, 3.05) is 10.6 Å². The summed E-state index contributed by atoms with van der Waals surface area (Å²) in [7, 11) is 0. The Hall–Kier alpha value is -4.18. The predicted molar refractivity (Wildman–Crippen MR) is 134 cm³/mol. The number of hydrogen-bond donors (Lipinski definition) is 1.